The number of hydrogen-bond acceptors (Lipinski definition) is 3. The average molecular weight is 424 g/mol. The van der Waals surface area contributed by atoms with Crippen molar-refractivity contribution in [1.82, 2.24) is 15.5 Å². The molecular weight excluding hydrogens is 407 g/mol. The second-order valence-electron chi connectivity index (χ2n) is 5.42. The van der Waals surface area contributed by atoms with Crippen LogP contribution in [0.1, 0.15) is 6.42 Å². The summed E-state index contributed by atoms with van der Waals surface area (Å²) in [5, 5.41) is 4.88. The SMILES string of the molecule is O=C(NCCOc1cccc(Br)c1)NC1CCN(CC(F)(F)F)C1=O. The van der Waals surface area contributed by atoms with Crippen LogP contribution >= 0.6 is 15.9 Å². The Balaban J connectivity index is 1.68. The minimum Gasteiger partial charge on any atom is -0.492 e. The van der Waals surface area contributed by atoms with Crippen LogP contribution in [0.2, 0.25) is 0 Å². The summed E-state index contributed by atoms with van der Waals surface area (Å²) in [6, 6.07) is 5.62. The Labute approximate surface area is 150 Å². The van der Waals surface area contributed by atoms with Crippen molar-refractivity contribution in [3.63, 3.8) is 0 Å². The molecule has 2 rings (SSSR count). The van der Waals surface area contributed by atoms with E-state index in [-0.39, 0.29) is 26.1 Å². The second kappa shape index (κ2) is 8.41. The van der Waals surface area contributed by atoms with E-state index in [1.807, 2.05) is 6.07 Å². The lowest BCUT2D eigenvalue weighted by atomic mass is 10.2. The minimum absolute atomic E-state index is 0.0325. The van der Waals surface area contributed by atoms with Gasteiger partial charge in [0.15, 0.2) is 0 Å². The molecule has 1 aromatic rings. The van der Waals surface area contributed by atoms with Gasteiger partial charge >= 0.3 is 12.2 Å². The highest BCUT2D eigenvalue weighted by Crippen LogP contribution is 2.21. The second-order valence-corrected chi connectivity index (χ2v) is 6.34. The Morgan fingerprint density at radius 1 is 1.40 bits per heavy atom. The molecule has 10 heteroatoms. The molecule has 1 saturated heterocycles. The van der Waals surface area contributed by atoms with E-state index in [0.29, 0.717) is 10.6 Å². The number of halogens is 4. The van der Waals surface area contributed by atoms with E-state index in [1.54, 1.807) is 18.2 Å². The summed E-state index contributed by atoms with van der Waals surface area (Å²) in [6.07, 6.45) is -4.30. The molecule has 138 valence electrons. The highest BCUT2D eigenvalue weighted by Gasteiger charge is 2.39. The molecule has 0 bridgehead atoms. The maximum atomic E-state index is 12.3. The lowest BCUT2D eigenvalue weighted by Gasteiger charge is -2.18. The van der Waals surface area contributed by atoms with Crippen molar-refractivity contribution in [2.45, 2.75) is 18.6 Å². The van der Waals surface area contributed by atoms with E-state index in [1.165, 1.54) is 0 Å². The number of urea groups is 1. The third-order valence-electron chi connectivity index (χ3n) is 3.43. The number of rotatable bonds is 6. The number of alkyl halides is 3. The predicted molar refractivity (Wildman–Crippen MR) is 87.2 cm³/mol. The molecule has 0 spiro atoms. The molecule has 2 N–H and O–H groups in total. The van der Waals surface area contributed by atoms with E-state index >= 15 is 0 Å². The number of hydrogen-bond donors (Lipinski definition) is 2. The summed E-state index contributed by atoms with van der Waals surface area (Å²) in [4.78, 5) is 24.2. The Morgan fingerprint density at radius 3 is 2.84 bits per heavy atom. The molecule has 1 heterocycles. The van der Waals surface area contributed by atoms with Gasteiger partial charge in [-0.1, -0.05) is 22.0 Å². The van der Waals surface area contributed by atoms with Crippen LogP contribution in [0.15, 0.2) is 28.7 Å². The lowest BCUT2D eigenvalue weighted by molar-refractivity contribution is -0.157. The summed E-state index contributed by atoms with van der Waals surface area (Å²) < 4.78 is 43.3. The first kappa shape index (κ1) is 19.4. The average Bonchev–Trinajstić information content (AvgIpc) is 2.83. The number of benzene rings is 1. The normalized spacial score (nSPS) is 17.5. The van der Waals surface area contributed by atoms with Gasteiger partial charge in [-0.3, -0.25) is 4.79 Å². The largest absolute Gasteiger partial charge is 0.492 e. The van der Waals surface area contributed by atoms with Crippen molar-refractivity contribution in [2.24, 2.45) is 0 Å². The Kier molecular flexibility index (Phi) is 6.51. The molecule has 0 aliphatic carbocycles. The number of carbonyl (C=O) groups excluding carboxylic acids is 2. The zero-order valence-electron chi connectivity index (χ0n) is 13.1. The molecule has 0 radical (unpaired) electrons. The maximum Gasteiger partial charge on any atom is 0.406 e. The van der Waals surface area contributed by atoms with Crippen LogP contribution in [0.25, 0.3) is 0 Å². The molecule has 25 heavy (non-hydrogen) atoms. The van der Waals surface area contributed by atoms with Crippen molar-refractivity contribution in [1.29, 1.82) is 0 Å². The fourth-order valence-corrected chi connectivity index (χ4v) is 2.72. The molecule has 1 aromatic carbocycles. The molecule has 1 atom stereocenters. The first-order valence-electron chi connectivity index (χ1n) is 7.53. The highest BCUT2D eigenvalue weighted by molar-refractivity contribution is 9.10. The monoisotopic (exact) mass is 423 g/mol. The predicted octanol–water partition coefficient (Wildman–Crippen LogP) is 2.29. The Bertz CT molecular complexity index is 628. The van der Waals surface area contributed by atoms with Gasteiger partial charge in [-0.2, -0.15) is 13.2 Å². The molecule has 6 nitrogen and oxygen atoms in total. The number of nitrogens with one attached hydrogen (secondary N) is 2. The van der Waals surface area contributed by atoms with Gasteiger partial charge in [0.1, 0.15) is 24.9 Å². The van der Waals surface area contributed by atoms with E-state index < -0.39 is 30.7 Å². The van der Waals surface area contributed by atoms with Crippen molar-refractivity contribution in [3.8, 4) is 5.75 Å². The molecule has 0 saturated carbocycles. The quantitative estimate of drug-likeness (QED) is 0.689. The summed E-state index contributed by atoms with van der Waals surface area (Å²) in [5.41, 5.74) is 0. The first-order chi connectivity index (χ1) is 11.7. The lowest BCUT2D eigenvalue weighted by Crippen LogP contribution is -2.47. The van der Waals surface area contributed by atoms with Crippen molar-refractivity contribution in [2.75, 3.05) is 26.2 Å². The van der Waals surface area contributed by atoms with Crippen LogP contribution in [-0.4, -0.2) is 55.3 Å². The minimum atomic E-state index is -4.45. The first-order valence-corrected chi connectivity index (χ1v) is 8.32. The van der Waals surface area contributed by atoms with Gasteiger partial charge in [0.05, 0.1) is 6.54 Å². The van der Waals surface area contributed by atoms with Crippen LogP contribution < -0.4 is 15.4 Å². The number of amides is 3. The van der Waals surface area contributed by atoms with E-state index in [4.69, 9.17) is 4.74 Å². The number of likely N-dealkylation sites (tertiary alicyclic amines) is 1. The summed E-state index contributed by atoms with van der Waals surface area (Å²) >= 11 is 3.31. The third-order valence-corrected chi connectivity index (χ3v) is 3.92. The van der Waals surface area contributed by atoms with Crippen LogP contribution in [0.4, 0.5) is 18.0 Å². The van der Waals surface area contributed by atoms with Crippen LogP contribution in [0, 0.1) is 0 Å². The molecule has 1 unspecified atom stereocenters. The van der Waals surface area contributed by atoms with Crippen LogP contribution in [0.3, 0.4) is 0 Å². The van der Waals surface area contributed by atoms with E-state index in [0.717, 1.165) is 4.47 Å². The van der Waals surface area contributed by atoms with Gasteiger partial charge in [0.2, 0.25) is 5.91 Å². The zero-order valence-corrected chi connectivity index (χ0v) is 14.7. The summed E-state index contributed by atoms with van der Waals surface area (Å²) in [5.74, 6) is -0.0943. The van der Waals surface area contributed by atoms with Crippen molar-refractivity contribution in [3.05, 3.63) is 28.7 Å². The van der Waals surface area contributed by atoms with Crippen LogP contribution in [-0.2, 0) is 4.79 Å². The molecule has 1 aliphatic rings. The van der Waals surface area contributed by atoms with Crippen molar-refractivity contribution >= 4 is 27.9 Å². The number of ether oxygens (including phenoxy) is 1. The Morgan fingerprint density at radius 2 is 2.16 bits per heavy atom. The van der Waals surface area contributed by atoms with E-state index in [9.17, 15) is 22.8 Å². The van der Waals surface area contributed by atoms with Gasteiger partial charge in [0.25, 0.3) is 0 Å². The fraction of sp³-hybridized carbons (Fsp3) is 0.467. The zero-order chi connectivity index (χ0) is 18.4. The third kappa shape index (κ3) is 6.45. The molecule has 0 aromatic heterocycles. The topological polar surface area (TPSA) is 70.7 Å². The number of carbonyl (C=O) groups is 2. The highest BCUT2D eigenvalue weighted by atomic mass is 79.9. The maximum absolute atomic E-state index is 12.3. The standard InChI is InChI=1S/C15H17BrF3N3O3/c16-10-2-1-3-11(8-10)25-7-5-20-14(24)21-12-4-6-22(13(12)23)9-15(17,18)19/h1-3,8,12H,4-7,9H2,(H2,20,21,24). The van der Waals surface area contributed by atoms with Crippen LogP contribution in [0.5, 0.6) is 5.75 Å². The van der Waals surface area contributed by atoms with Gasteiger partial charge in [0, 0.05) is 11.0 Å². The van der Waals surface area contributed by atoms with Crippen molar-refractivity contribution < 1.29 is 27.5 Å². The fourth-order valence-electron chi connectivity index (χ4n) is 2.35. The summed E-state index contributed by atoms with van der Waals surface area (Å²) in [6.45, 7) is -0.935. The number of nitrogens with zero attached hydrogens (tertiary/aromatic N) is 1. The smallest absolute Gasteiger partial charge is 0.406 e. The molecule has 3 amide bonds. The molecular formula is C15H17BrF3N3O3. The Hall–Kier alpha value is -1.97. The molecule has 1 aliphatic heterocycles. The summed E-state index contributed by atoms with van der Waals surface area (Å²) in [7, 11) is 0. The molecule has 1 fully saturated rings. The van der Waals surface area contributed by atoms with Gasteiger partial charge < -0.3 is 20.3 Å². The van der Waals surface area contributed by atoms with E-state index in [2.05, 4.69) is 26.6 Å². The van der Waals surface area contributed by atoms with Gasteiger partial charge in [-0.15, -0.1) is 0 Å². The van der Waals surface area contributed by atoms with Gasteiger partial charge in [-0.25, -0.2) is 4.79 Å². The van der Waals surface area contributed by atoms with Gasteiger partial charge in [-0.05, 0) is 24.6 Å².